The Balaban J connectivity index is 2.82. The van der Waals surface area contributed by atoms with Crippen LogP contribution in [0.3, 0.4) is 0 Å². The molecule has 1 rings (SSSR count). The van der Waals surface area contributed by atoms with Crippen LogP contribution in [-0.4, -0.2) is 35.4 Å². The van der Waals surface area contributed by atoms with Gasteiger partial charge in [0.2, 0.25) is 5.96 Å². The smallest absolute Gasteiger partial charge is 0.254 e. The number of aliphatic imine (C=N–C) groups is 1. The lowest BCUT2D eigenvalue weighted by atomic mass is 10.1. The number of nitrogens with one attached hydrogen (secondary N) is 1. The number of hydrogen-bond donors (Lipinski definition) is 1. The van der Waals surface area contributed by atoms with Gasteiger partial charge >= 0.3 is 0 Å². The second-order valence-electron chi connectivity index (χ2n) is 5.41. The molecule has 1 N–H and O–H groups in total. The molecule has 1 aliphatic heterocycles. The summed E-state index contributed by atoms with van der Waals surface area (Å²) in [6.07, 6.45) is 0. The number of nitrogens with zero attached hydrogens (tertiary/aromatic N) is 2. The topological polar surface area (TPSA) is 44.7 Å². The first-order chi connectivity index (χ1) is 6.72. The summed E-state index contributed by atoms with van der Waals surface area (Å²) in [5, 5.41) is 3.24. The maximum absolute atomic E-state index is 11.8. The van der Waals surface area contributed by atoms with Gasteiger partial charge in [0, 0.05) is 12.6 Å². The maximum Gasteiger partial charge on any atom is 0.254 e. The molecule has 0 fully saturated rings. The van der Waals surface area contributed by atoms with Crippen molar-refractivity contribution in [1.29, 1.82) is 0 Å². The summed E-state index contributed by atoms with van der Waals surface area (Å²) in [6.45, 7) is 10.2. The molecule has 1 atom stereocenters. The van der Waals surface area contributed by atoms with E-state index in [9.17, 15) is 4.79 Å². The fourth-order valence-corrected chi connectivity index (χ4v) is 1.46. The van der Waals surface area contributed by atoms with Crippen LogP contribution in [0.25, 0.3) is 0 Å². The quantitative estimate of drug-likeness (QED) is 0.709. The number of rotatable bonds is 1. The van der Waals surface area contributed by atoms with Gasteiger partial charge in [-0.1, -0.05) is 13.8 Å². The fraction of sp³-hybridized carbons (Fsp3) is 0.818. The molecule has 0 radical (unpaired) electrons. The zero-order chi connectivity index (χ0) is 11.8. The van der Waals surface area contributed by atoms with E-state index in [2.05, 4.69) is 31.1 Å². The second-order valence-corrected chi connectivity index (χ2v) is 5.41. The van der Waals surface area contributed by atoms with Crippen LogP contribution in [0.4, 0.5) is 0 Å². The number of carbonyl (C=O) groups excluding carboxylic acids is 1. The van der Waals surface area contributed by atoms with Gasteiger partial charge in [0.1, 0.15) is 6.04 Å². The highest BCUT2D eigenvalue weighted by molar-refractivity contribution is 6.04. The van der Waals surface area contributed by atoms with Gasteiger partial charge < -0.3 is 5.32 Å². The lowest BCUT2D eigenvalue weighted by molar-refractivity contribution is -0.127. The van der Waals surface area contributed by atoms with Crippen molar-refractivity contribution in [3.63, 3.8) is 0 Å². The second kappa shape index (κ2) is 3.83. The number of hydrogen-bond acceptors (Lipinski definition) is 3. The van der Waals surface area contributed by atoms with Gasteiger partial charge in [-0.2, -0.15) is 0 Å². The Kier molecular flexibility index (Phi) is 3.07. The molecule has 0 saturated carbocycles. The van der Waals surface area contributed by atoms with Crippen molar-refractivity contribution in [3.8, 4) is 0 Å². The molecule has 0 aromatic rings. The average molecular weight is 211 g/mol. The molecule has 0 saturated heterocycles. The number of carbonyl (C=O) groups is 1. The van der Waals surface area contributed by atoms with Crippen molar-refractivity contribution >= 4 is 11.9 Å². The molecule has 0 aliphatic carbocycles. The predicted molar refractivity (Wildman–Crippen MR) is 61.7 cm³/mol. The van der Waals surface area contributed by atoms with Crippen molar-refractivity contribution in [2.75, 3.05) is 7.05 Å². The minimum Gasteiger partial charge on any atom is -0.351 e. The molecule has 0 bridgehead atoms. The van der Waals surface area contributed by atoms with Crippen molar-refractivity contribution in [1.82, 2.24) is 10.2 Å². The lowest BCUT2D eigenvalue weighted by Gasteiger charge is -2.24. The van der Waals surface area contributed by atoms with Crippen LogP contribution < -0.4 is 5.32 Å². The van der Waals surface area contributed by atoms with Crippen LogP contribution >= 0.6 is 0 Å². The van der Waals surface area contributed by atoms with E-state index in [-0.39, 0.29) is 23.4 Å². The minimum atomic E-state index is -0.222. The Hall–Kier alpha value is -1.06. The third kappa shape index (κ3) is 2.70. The summed E-state index contributed by atoms with van der Waals surface area (Å²) in [4.78, 5) is 17.8. The van der Waals surface area contributed by atoms with E-state index in [1.807, 2.05) is 13.8 Å². The van der Waals surface area contributed by atoms with Crippen LogP contribution in [0.15, 0.2) is 4.99 Å². The van der Waals surface area contributed by atoms with E-state index >= 15 is 0 Å². The third-order valence-electron chi connectivity index (χ3n) is 2.28. The summed E-state index contributed by atoms with van der Waals surface area (Å²) < 4.78 is 0. The molecule has 4 nitrogen and oxygen atoms in total. The molecule has 4 heteroatoms. The van der Waals surface area contributed by atoms with E-state index in [0.29, 0.717) is 5.96 Å². The van der Waals surface area contributed by atoms with Gasteiger partial charge in [-0.15, -0.1) is 0 Å². The lowest BCUT2D eigenvalue weighted by Crippen LogP contribution is -2.47. The predicted octanol–water partition coefficient (Wildman–Crippen LogP) is 1.23. The normalized spacial score (nSPS) is 22.3. The summed E-state index contributed by atoms with van der Waals surface area (Å²) in [7, 11) is 1.77. The highest BCUT2D eigenvalue weighted by Crippen LogP contribution is 2.17. The number of guanidine groups is 1. The highest BCUT2D eigenvalue weighted by Gasteiger charge is 2.35. The van der Waals surface area contributed by atoms with Crippen molar-refractivity contribution < 1.29 is 4.79 Å². The molecule has 0 aromatic carbocycles. The minimum absolute atomic E-state index is 0.0702. The van der Waals surface area contributed by atoms with Crippen LogP contribution in [-0.2, 0) is 4.79 Å². The summed E-state index contributed by atoms with van der Waals surface area (Å²) in [5.41, 5.74) is -0.0702. The molecule has 0 aromatic heterocycles. The summed E-state index contributed by atoms with van der Waals surface area (Å²) >= 11 is 0. The van der Waals surface area contributed by atoms with Gasteiger partial charge in [0.15, 0.2) is 0 Å². The summed E-state index contributed by atoms with van der Waals surface area (Å²) in [6, 6.07) is -0.222. The van der Waals surface area contributed by atoms with Crippen molar-refractivity contribution in [3.05, 3.63) is 0 Å². The molecule has 1 heterocycles. The van der Waals surface area contributed by atoms with Crippen LogP contribution in [0.5, 0.6) is 0 Å². The Morgan fingerprint density at radius 2 is 1.93 bits per heavy atom. The van der Waals surface area contributed by atoms with Gasteiger partial charge in [-0.25, -0.2) is 4.99 Å². The molecule has 15 heavy (non-hydrogen) atoms. The SMILES string of the molecule is CC(C)C1N=C(NC(C)(C)C)N(C)C1=O. The third-order valence-corrected chi connectivity index (χ3v) is 2.28. The van der Waals surface area contributed by atoms with Crippen LogP contribution in [0.1, 0.15) is 34.6 Å². The monoisotopic (exact) mass is 211 g/mol. The molecule has 0 spiro atoms. The first-order valence-corrected chi connectivity index (χ1v) is 5.36. The van der Waals surface area contributed by atoms with E-state index in [1.165, 1.54) is 0 Å². The summed E-state index contributed by atoms with van der Waals surface area (Å²) in [5.74, 6) is 1.02. The molecular weight excluding hydrogens is 190 g/mol. The van der Waals surface area contributed by atoms with Crippen LogP contribution in [0.2, 0.25) is 0 Å². The highest BCUT2D eigenvalue weighted by atomic mass is 16.2. The Morgan fingerprint density at radius 1 is 1.40 bits per heavy atom. The van der Waals surface area contributed by atoms with E-state index in [4.69, 9.17) is 0 Å². The average Bonchev–Trinajstić information content (AvgIpc) is 2.30. The Labute approximate surface area is 91.7 Å². The van der Waals surface area contributed by atoms with Crippen LogP contribution in [0, 0.1) is 5.92 Å². The molecule has 1 unspecified atom stereocenters. The number of amides is 1. The Morgan fingerprint density at radius 3 is 2.27 bits per heavy atom. The van der Waals surface area contributed by atoms with E-state index in [1.54, 1.807) is 11.9 Å². The zero-order valence-electron chi connectivity index (χ0n) is 10.5. The van der Waals surface area contributed by atoms with Crippen molar-refractivity contribution in [2.45, 2.75) is 46.2 Å². The molecule has 86 valence electrons. The Bertz CT molecular complexity index is 289. The van der Waals surface area contributed by atoms with Gasteiger partial charge in [0.05, 0.1) is 0 Å². The first kappa shape index (κ1) is 12.0. The molecule has 1 amide bonds. The van der Waals surface area contributed by atoms with Gasteiger partial charge in [-0.05, 0) is 26.7 Å². The van der Waals surface area contributed by atoms with E-state index in [0.717, 1.165) is 0 Å². The van der Waals surface area contributed by atoms with Crippen molar-refractivity contribution in [2.24, 2.45) is 10.9 Å². The van der Waals surface area contributed by atoms with Gasteiger partial charge in [0.25, 0.3) is 5.91 Å². The van der Waals surface area contributed by atoms with Gasteiger partial charge in [-0.3, -0.25) is 9.69 Å². The van der Waals surface area contributed by atoms with E-state index < -0.39 is 0 Å². The molecule has 1 aliphatic rings. The first-order valence-electron chi connectivity index (χ1n) is 5.36. The number of likely N-dealkylation sites (N-methyl/N-ethyl adjacent to an activating group) is 1. The maximum atomic E-state index is 11.8. The zero-order valence-corrected chi connectivity index (χ0v) is 10.5. The standard InChI is InChI=1S/C11H21N3O/c1-7(2)8-9(15)14(6)10(12-8)13-11(3,4)5/h7-8H,1-6H3,(H,12,13). The fourth-order valence-electron chi connectivity index (χ4n) is 1.46. The molecular formula is C11H21N3O. The largest absolute Gasteiger partial charge is 0.351 e.